The summed E-state index contributed by atoms with van der Waals surface area (Å²) in [7, 11) is 0. The Morgan fingerprint density at radius 2 is 1.58 bits per heavy atom. The molecule has 1 atom stereocenters. The number of nitrogens with one attached hydrogen (secondary N) is 1. The highest BCUT2D eigenvalue weighted by molar-refractivity contribution is 7.98. The molecule has 0 spiro atoms. The first-order valence-electron chi connectivity index (χ1n) is 12.5. The number of hydrogen-bond acceptors (Lipinski definition) is 3. The van der Waals surface area contributed by atoms with Crippen LogP contribution in [0.5, 0.6) is 0 Å². The van der Waals surface area contributed by atoms with Crippen LogP contribution < -0.4 is 5.32 Å². The Hall–Kier alpha value is -2.76. The summed E-state index contributed by atoms with van der Waals surface area (Å²) in [5.74, 6) is 1.41. The average molecular weight is 523 g/mol. The molecule has 0 bridgehead atoms. The molecule has 0 aliphatic heterocycles. The van der Waals surface area contributed by atoms with Gasteiger partial charge in [-0.2, -0.15) is 11.8 Å². The van der Waals surface area contributed by atoms with E-state index in [1.54, 1.807) is 16.7 Å². The maximum Gasteiger partial charge on any atom is 0.243 e. The minimum absolute atomic E-state index is 0.0258. The van der Waals surface area contributed by atoms with Crippen LogP contribution in [0.25, 0.3) is 0 Å². The van der Waals surface area contributed by atoms with Gasteiger partial charge in [0.25, 0.3) is 0 Å². The Labute approximate surface area is 224 Å². The number of thioether (sulfide) groups is 1. The number of hydrogen-bond donors (Lipinski definition) is 1. The third-order valence-corrected chi connectivity index (χ3v) is 7.18. The van der Waals surface area contributed by atoms with Crippen molar-refractivity contribution in [1.82, 2.24) is 10.2 Å². The molecule has 2 amide bonds. The predicted octanol–water partition coefficient (Wildman–Crippen LogP) is 6.52. The Morgan fingerprint density at radius 3 is 2.25 bits per heavy atom. The predicted molar refractivity (Wildman–Crippen MR) is 151 cm³/mol. The molecule has 4 nitrogen and oxygen atoms in total. The fraction of sp³-hybridized carbons (Fsp3) is 0.333. The van der Waals surface area contributed by atoms with Crippen LogP contribution in [-0.4, -0.2) is 35.1 Å². The van der Waals surface area contributed by atoms with E-state index in [0.717, 1.165) is 29.7 Å². The van der Waals surface area contributed by atoms with Gasteiger partial charge >= 0.3 is 0 Å². The third-order valence-electron chi connectivity index (χ3n) is 5.91. The molecule has 190 valence electrons. The van der Waals surface area contributed by atoms with Crippen LogP contribution in [-0.2, 0) is 28.3 Å². The van der Waals surface area contributed by atoms with E-state index in [1.165, 1.54) is 5.56 Å². The van der Waals surface area contributed by atoms with Crippen LogP contribution in [0.3, 0.4) is 0 Å². The second-order valence-corrected chi connectivity index (χ2v) is 10.3. The summed E-state index contributed by atoms with van der Waals surface area (Å²) < 4.78 is 0. The number of nitrogens with zero attached hydrogens (tertiary/aromatic N) is 1. The van der Waals surface area contributed by atoms with Gasteiger partial charge in [-0.3, -0.25) is 9.59 Å². The number of carbonyl (C=O) groups excluding carboxylic acids is 2. The standard InChI is InChI=1S/C30H35ClN2O2S/c1-2-3-18-32-30(35)28(21-24-11-6-4-7-12-24)33(22-26-15-10-16-27(31)20-26)29(34)17-19-36-23-25-13-8-5-9-14-25/h4-16,20,28H,2-3,17-19,21-23H2,1H3,(H,32,35)/t28-/m1/s1. The molecule has 0 fully saturated rings. The number of halogens is 1. The van der Waals surface area contributed by atoms with Crippen molar-refractivity contribution in [1.29, 1.82) is 0 Å². The first-order chi connectivity index (χ1) is 17.6. The first-order valence-corrected chi connectivity index (χ1v) is 14.1. The molecule has 0 saturated carbocycles. The van der Waals surface area contributed by atoms with Crippen LogP contribution in [0.2, 0.25) is 5.02 Å². The van der Waals surface area contributed by atoms with E-state index >= 15 is 0 Å². The molecule has 1 N–H and O–H groups in total. The monoisotopic (exact) mass is 522 g/mol. The van der Waals surface area contributed by atoms with E-state index in [0.29, 0.717) is 36.7 Å². The summed E-state index contributed by atoms with van der Waals surface area (Å²) in [4.78, 5) is 28.8. The van der Waals surface area contributed by atoms with Gasteiger partial charge in [-0.1, -0.05) is 97.7 Å². The quantitative estimate of drug-likeness (QED) is 0.245. The minimum atomic E-state index is -0.602. The Bertz CT molecular complexity index is 1080. The Morgan fingerprint density at radius 1 is 0.917 bits per heavy atom. The van der Waals surface area contributed by atoms with Gasteiger partial charge in [0.15, 0.2) is 0 Å². The molecule has 0 heterocycles. The lowest BCUT2D eigenvalue weighted by Crippen LogP contribution is -2.50. The van der Waals surface area contributed by atoms with Crippen LogP contribution in [0, 0.1) is 0 Å². The summed E-state index contributed by atoms with van der Waals surface area (Å²) >= 11 is 7.97. The normalized spacial score (nSPS) is 11.6. The molecule has 3 aromatic rings. The number of rotatable bonds is 14. The molecular weight excluding hydrogens is 488 g/mol. The lowest BCUT2D eigenvalue weighted by molar-refractivity contribution is -0.141. The van der Waals surface area contributed by atoms with Gasteiger partial charge in [0.1, 0.15) is 6.04 Å². The molecule has 0 unspecified atom stereocenters. The minimum Gasteiger partial charge on any atom is -0.354 e. The van der Waals surface area contributed by atoms with E-state index in [1.807, 2.05) is 72.8 Å². The molecule has 3 aromatic carbocycles. The summed E-state index contributed by atoms with van der Waals surface area (Å²) in [5.41, 5.74) is 3.17. The van der Waals surface area contributed by atoms with Gasteiger partial charge in [0.2, 0.25) is 11.8 Å². The van der Waals surface area contributed by atoms with Gasteiger partial charge in [-0.25, -0.2) is 0 Å². The van der Waals surface area contributed by atoms with Gasteiger partial charge in [0, 0.05) is 42.5 Å². The highest BCUT2D eigenvalue weighted by Crippen LogP contribution is 2.20. The van der Waals surface area contributed by atoms with Crippen molar-refractivity contribution >= 4 is 35.2 Å². The number of unbranched alkanes of at least 4 members (excludes halogenated alkanes) is 1. The number of carbonyl (C=O) groups is 2. The van der Waals surface area contributed by atoms with Crippen LogP contribution in [0.1, 0.15) is 42.9 Å². The number of benzene rings is 3. The first kappa shape index (κ1) is 27.8. The highest BCUT2D eigenvalue weighted by atomic mass is 35.5. The van der Waals surface area contributed by atoms with Gasteiger partial charge in [-0.15, -0.1) is 0 Å². The largest absolute Gasteiger partial charge is 0.354 e. The molecule has 6 heteroatoms. The zero-order valence-corrected chi connectivity index (χ0v) is 22.4. The van der Waals surface area contributed by atoms with Crippen molar-refractivity contribution in [2.75, 3.05) is 12.3 Å². The fourth-order valence-corrected chi connectivity index (χ4v) is 5.06. The Kier molecular flexibility index (Phi) is 11.9. The molecule has 36 heavy (non-hydrogen) atoms. The molecule has 0 aliphatic rings. The molecule has 0 radical (unpaired) electrons. The van der Waals surface area contributed by atoms with Crippen molar-refractivity contribution in [3.05, 3.63) is 107 Å². The lowest BCUT2D eigenvalue weighted by atomic mass is 10.0. The van der Waals surface area contributed by atoms with E-state index in [-0.39, 0.29) is 11.8 Å². The van der Waals surface area contributed by atoms with Gasteiger partial charge < -0.3 is 10.2 Å². The second-order valence-electron chi connectivity index (χ2n) is 8.79. The average Bonchev–Trinajstić information content (AvgIpc) is 2.90. The zero-order valence-electron chi connectivity index (χ0n) is 20.9. The summed E-state index contributed by atoms with van der Waals surface area (Å²) in [6.07, 6.45) is 2.73. The second kappa shape index (κ2) is 15.4. The van der Waals surface area contributed by atoms with E-state index in [4.69, 9.17) is 11.6 Å². The van der Waals surface area contributed by atoms with E-state index in [9.17, 15) is 9.59 Å². The molecule has 0 aliphatic carbocycles. The third kappa shape index (κ3) is 9.36. The number of amides is 2. The fourth-order valence-electron chi connectivity index (χ4n) is 3.96. The van der Waals surface area contributed by atoms with Crippen molar-refractivity contribution in [2.24, 2.45) is 0 Å². The lowest BCUT2D eigenvalue weighted by Gasteiger charge is -2.31. The van der Waals surface area contributed by atoms with Crippen LogP contribution >= 0.6 is 23.4 Å². The van der Waals surface area contributed by atoms with Crippen LogP contribution in [0.4, 0.5) is 0 Å². The Balaban J connectivity index is 1.78. The van der Waals surface area contributed by atoms with Crippen molar-refractivity contribution in [3.8, 4) is 0 Å². The van der Waals surface area contributed by atoms with Crippen molar-refractivity contribution < 1.29 is 9.59 Å². The molecule has 3 rings (SSSR count). The maximum absolute atomic E-state index is 13.6. The SMILES string of the molecule is CCCCNC(=O)[C@@H](Cc1ccccc1)N(Cc1cccc(Cl)c1)C(=O)CCSCc1ccccc1. The molecule has 0 aromatic heterocycles. The topological polar surface area (TPSA) is 49.4 Å². The highest BCUT2D eigenvalue weighted by Gasteiger charge is 2.30. The summed E-state index contributed by atoms with van der Waals surface area (Å²) in [6.45, 7) is 3.03. The van der Waals surface area contributed by atoms with E-state index in [2.05, 4.69) is 24.4 Å². The summed E-state index contributed by atoms with van der Waals surface area (Å²) in [5, 5.41) is 3.68. The van der Waals surface area contributed by atoms with Crippen LogP contribution in [0.15, 0.2) is 84.9 Å². The van der Waals surface area contributed by atoms with E-state index < -0.39 is 6.04 Å². The van der Waals surface area contributed by atoms with Crippen molar-refractivity contribution in [3.63, 3.8) is 0 Å². The van der Waals surface area contributed by atoms with Gasteiger partial charge in [0.05, 0.1) is 0 Å². The summed E-state index contributed by atoms with van der Waals surface area (Å²) in [6, 6.07) is 27.0. The maximum atomic E-state index is 13.6. The van der Waals surface area contributed by atoms with Crippen molar-refractivity contribution in [2.45, 2.75) is 50.9 Å². The molecular formula is C30H35ClN2O2S. The molecule has 0 saturated heterocycles. The van der Waals surface area contributed by atoms with Gasteiger partial charge in [-0.05, 0) is 35.2 Å². The smallest absolute Gasteiger partial charge is 0.243 e. The zero-order chi connectivity index (χ0) is 25.6.